The molecule has 3 heterocycles. The number of thiophene rings is 1. The van der Waals surface area contributed by atoms with E-state index in [4.69, 9.17) is 19.9 Å². The Morgan fingerprint density at radius 2 is 0.885 bits per heavy atom. The van der Waals surface area contributed by atoms with E-state index in [0.717, 1.165) is 50.4 Å². The Labute approximate surface area is 304 Å². The van der Waals surface area contributed by atoms with Crippen molar-refractivity contribution in [3.63, 3.8) is 0 Å². The topological polar surface area (TPSA) is 56.5 Å². The fourth-order valence-electron chi connectivity index (χ4n) is 6.90. The minimum absolute atomic E-state index is 0.619. The van der Waals surface area contributed by atoms with Gasteiger partial charge in [0.25, 0.3) is 0 Å². The molecule has 10 rings (SSSR count). The number of rotatable bonds is 6. The van der Waals surface area contributed by atoms with Gasteiger partial charge in [-0.15, -0.1) is 11.3 Å². The zero-order valence-corrected chi connectivity index (χ0v) is 28.7. The Kier molecular flexibility index (Phi) is 7.25. The lowest BCUT2D eigenvalue weighted by atomic mass is 10.0. The highest BCUT2D eigenvalue weighted by Gasteiger charge is 2.16. The molecule has 3 aromatic heterocycles. The van der Waals surface area contributed by atoms with Crippen LogP contribution in [0.4, 0.5) is 0 Å². The van der Waals surface area contributed by atoms with Gasteiger partial charge in [-0.05, 0) is 65.7 Å². The number of hydrogen-bond donors (Lipinski definition) is 0. The first-order chi connectivity index (χ1) is 25.7. The second-order valence-electron chi connectivity index (χ2n) is 12.7. The molecule has 0 spiro atoms. The summed E-state index contributed by atoms with van der Waals surface area (Å²) in [5.41, 5.74) is 9.18. The molecule has 0 radical (unpaired) electrons. The Bertz CT molecular complexity index is 2880. The molecule has 7 aromatic carbocycles. The second-order valence-corrected chi connectivity index (χ2v) is 13.8. The van der Waals surface area contributed by atoms with Crippen molar-refractivity contribution in [3.8, 4) is 62.4 Å². The number of nitrogens with zero attached hydrogens (tertiary/aromatic N) is 5. The van der Waals surface area contributed by atoms with Crippen LogP contribution in [0.25, 0.3) is 93.6 Å². The van der Waals surface area contributed by atoms with Gasteiger partial charge in [0, 0.05) is 48.1 Å². The van der Waals surface area contributed by atoms with E-state index in [-0.39, 0.29) is 0 Å². The van der Waals surface area contributed by atoms with Crippen molar-refractivity contribution in [2.75, 3.05) is 0 Å². The first-order valence-electron chi connectivity index (χ1n) is 17.2. The molecule has 6 heteroatoms. The maximum absolute atomic E-state index is 5.04. The van der Waals surface area contributed by atoms with Gasteiger partial charge >= 0.3 is 0 Å². The summed E-state index contributed by atoms with van der Waals surface area (Å²) >= 11 is 1.84. The average molecular weight is 684 g/mol. The summed E-state index contributed by atoms with van der Waals surface area (Å²) < 4.78 is 4.82. The predicted octanol–water partition coefficient (Wildman–Crippen LogP) is 11.9. The zero-order valence-electron chi connectivity index (χ0n) is 27.9. The lowest BCUT2D eigenvalue weighted by molar-refractivity contribution is 1.07. The quantitative estimate of drug-likeness (QED) is 0.175. The number of aromatic nitrogens is 5. The van der Waals surface area contributed by atoms with Gasteiger partial charge in [-0.1, -0.05) is 121 Å². The molecular weight excluding hydrogens is 655 g/mol. The molecule has 244 valence electrons. The van der Waals surface area contributed by atoms with Crippen molar-refractivity contribution in [3.05, 3.63) is 176 Å². The van der Waals surface area contributed by atoms with E-state index >= 15 is 0 Å². The molecule has 0 aliphatic rings. The molecule has 0 bridgehead atoms. The van der Waals surface area contributed by atoms with Crippen molar-refractivity contribution in [1.29, 1.82) is 0 Å². The van der Waals surface area contributed by atoms with Gasteiger partial charge in [0.05, 0.1) is 11.0 Å². The highest BCUT2D eigenvalue weighted by atomic mass is 32.1. The first kappa shape index (κ1) is 30.1. The molecule has 0 saturated heterocycles. The molecule has 0 aliphatic carbocycles. The van der Waals surface area contributed by atoms with Crippen molar-refractivity contribution in [2.45, 2.75) is 0 Å². The van der Waals surface area contributed by atoms with Gasteiger partial charge in [-0.3, -0.25) is 4.57 Å². The summed E-state index contributed by atoms with van der Waals surface area (Å²) in [6, 6.07) is 60.9. The molecule has 0 unspecified atom stereocenters. The van der Waals surface area contributed by atoms with E-state index in [0.29, 0.717) is 17.5 Å². The Morgan fingerprint density at radius 1 is 0.365 bits per heavy atom. The summed E-state index contributed by atoms with van der Waals surface area (Å²) in [5, 5.41) is 2.59. The predicted molar refractivity (Wildman–Crippen MR) is 215 cm³/mol. The van der Waals surface area contributed by atoms with Crippen molar-refractivity contribution in [2.24, 2.45) is 0 Å². The minimum atomic E-state index is 0.619. The van der Waals surface area contributed by atoms with Crippen LogP contribution < -0.4 is 0 Å². The Hall–Kier alpha value is -6.76. The molecule has 0 N–H and O–H groups in total. The average Bonchev–Trinajstić information content (AvgIpc) is 3.80. The standard InChI is InChI=1S/C46H29N5S/c1-3-11-31(12-4-1)43-48-44(32-21-19-30(20-22-32)35-25-28-42-38(29-35)37-15-7-10-18-41(37)52-42)50-45(49-43)33-23-26-36(27-24-33)51-40-17-9-8-16-39(40)47-46(51)34-13-5-2-6-14-34/h1-29H. The number of para-hydroxylation sites is 2. The largest absolute Gasteiger partial charge is 0.292 e. The van der Waals surface area contributed by atoms with Gasteiger partial charge in [0.1, 0.15) is 5.82 Å². The number of imidazole rings is 1. The molecule has 52 heavy (non-hydrogen) atoms. The lowest BCUT2D eigenvalue weighted by Gasteiger charge is -2.12. The smallest absolute Gasteiger partial charge is 0.164 e. The normalized spacial score (nSPS) is 11.5. The fourth-order valence-corrected chi connectivity index (χ4v) is 7.98. The third-order valence-electron chi connectivity index (χ3n) is 9.50. The van der Waals surface area contributed by atoms with Crippen LogP contribution in [-0.2, 0) is 0 Å². The van der Waals surface area contributed by atoms with Crippen LogP contribution in [-0.4, -0.2) is 24.5 Å². The Balaban J connectivity index is 1.03. The molecule has 0 amide bonds. The molecule has 10 aromatic rings. The van der Waals surface area contributed by atoms with E-state index in [1.807, 2.05) is 65.9 Å². The molecule has 0 fully saturated rings. The maximum Gasteiger partial charge on any atom is 0.164 e. The van der Waals surface area contributed by atoms with E-state index in [9.17, 15) is 0 Å². The zero-order chi connectivity index (χ0) is 34.4. The van der Waals surface area contributed by atoms with E-state index in [2.05, 4.69) is 126 Å². The highest BCUT2D eigenvalue weighted by Crippen LogP contribution is 2.37. The molecule has 0 atom stereocenters. The van der Waals surface area contributed by atoms with Crippen molar-refractivity contribution >= 4 is 42.5 Å². The third kappa shape index (κ3) is 5.34. The van der Waals surface area contributed by atoms with Crippen LogP contribution in [0.1, 0.15) is 0 Å². The highest BCUT2D eigenvalue weighted by molar-refractivity contribution is 7.25. The first-order valence-corrected chi connectivity index (χ1v) is 18.0. The van der Waals surface area contributed by atoms with E-state index in [1.165, 1.54) is 25.7 Å². The van der Waals surface area contributed by atoms with Gasteiger partial charge in [-0.2, -0.15) is 0 Å². The monoisotopic (exact) mass is 683 g/mol. The van der Waals surface area contributed by atoms with Gasteiger partial charge in [-0.25, -0.2) is 19.9 Å². The molecule has 0 saturated carbocycles. The lowest BCUT2D eigenvalue weighted by Crippen LogP contribution is -2.01. The summed E-state index contributed by atoms with van der Waals surface area (Å²) in [6.07, 6.45) is 0. The fraction of sp³-hybridized carbons (Fsp3) is 0. The van der Waals surface area contributed by atoms with Crippen molar-refractivity contribution in [1.82, 2.24) is 24.5 Å². The summed E-state index contributed by atoms with van der Waals surface area (Å²) in [7, 11) is 0. The van der Waals surface area contributed by atoms with Crippen LogP contribution in [0.5, 0.6) is 0 Å². The van der Waals surface area contributed by atoms with Gasteiger partial charge < -0.3 is 0 Å². The molecule has 0 aliphatic heterocycles. The van der Waals surface area contributed by atoms with E-state index < -0.39 is 0 Å². The Morgan fingerprint density at radius 3 is 1.60 bits per heavy atom. The maximum atomic E-state index is 5.04. The summed E-state index contributed by atoms with van der Waals surface area (Å²) in [6.45, 7) is 0. The van der Waals surface area contributed by atoms with Crippen LogP contribution in [0.3, 0.4) is 0 Å². The third-order valence-corrected chi connectivity index (χ3v) is 10.6. The van der Waals surface area contributed by atoms with Gasteiger partial charge in [0.15, 0.2) is 17.5 Å². The van der Waals surface area contributed by atoms with Crippen LogP contribution >= 0.6 is 11.3 Å². The second kappa shape index (κ2) is 12.5. The van der Waals surface area contributed by atoms with Gasteiger partial charge in [0.2, 0.25) is 0 Å². The van der Waals surface area contributed by atoms with Crippen LogP contribution in [0, 0.1) is 0 Å². The minimum Gasteiger partial charge on any atom is -0.292 e. The molecule has 5 nitrogen and oxygen atoms in total. The summed E-state index contributed by atoms with van der Waals surface area (Å²) in [4.78, 5) is 20.0. The number of benzene rings is 7. The number of hydrogen-bond acceptors (Lipinski definition) is 5. The SMILES string of the molecule is c1ccc(-c2nc(-c3ccc(-c4ccc5sc6ccccc6c5c4)cc3)nc(-c3ccc(-n4c(-c5ccccc5)nc5ccccc54)cc3)n2)cc1. The molecular formula is C46H29N5S. The number of fused-ring (bicyclic) bond motifs is 4. The van der Waals surface area contributed by atoms with Crippen LogP contribution in [0.2, 0.25) is 0 Å². The van der Waals surface area contributed by atoms with E-state index in [1.54, 1.807) is 0 Å². The van der Waals surface area contributed by atoms with Crippen LogP contribution in [0.15, 0.2) is 176 Å². The van der Waals surface area contributed by atoms with Crippen molar-refractivity contribution < 1.29 is 0 Å². The summed E-state index contributed by atoms with van der Waals surface area (Å²) in [5.74, 6) is 2.78.